The van der Waals surface area contributed by atoms with Gasteiger partial charge in [-0.15, -0.1) is 24.0 Å². The Morgan fingerprint density at radius 2 is 1.90 bits per heavy atom. The molecule has 0 saturated carbocycles. The first-order valence-corrected chi connectivity index (χ1v) is 10.7. The van der Waals surface area contributed by atoms with Crippen LogP contribution in [0.2, 0.25) is 0 Å². The maximum atomic E-state index is 9.39. The number of benzene rings is 1. The highest BCUT2D eigenvalue weighted by molar-refractivity contribution is 14.0. The van der Waals surface area contributed by atoms with Gasteiger partial charge >= 0.3 is 0 Å². The van der Waals surface area contributed by atoms with Gasteiger partial charge in [-0.1, -0.05) is 24.3 Å². The summed E-state index contributed by atoms with van der Waals surface area (Å²) < 4.78 is 5.58. The van der Waals surface area contributed by atoms with Crippen molar-refractivity contribution < 1.29 is 9.84 Å². The average molecular weight is 516 g/mol. The number of guanidine groups is 1. The lowest BCUT2D eigenvalue weighted by atomic mass is 9.84. The van der Waals surface area contributed by atoms with E-state index in [-0.39, 0.29) is 36.0 Å². The number of halogens is 1. The van der Waals surface area contributed by atoms with E-state index in [0.29, 0.717) is 13.2 Å². The second-order valence-corrected chi connectivity index (χ2v) is 8.12. The molecular formula is C22H37IN4O2. The molecule has 0 amide bonds. The summed E-state index contributed by atoms with van der Waals surface area (Å²) in [5.74, 6) is 0.827. The van der Waals surface area contributed by atoms with Gasteiger partial charge in [-0.3, -0.25) is 4.90 Å². The third-order valence-corrected chi connectivity index (χ3v) is 5.85. The molecule has 2 fully saturated rings. The second kappa shape index (κ2) is 12.7. The van der Waals surface area contributed by atoms with E-state index in [9.17, 15) is 5.11 Å². The van der Waals surface area contributed by atoms with Gasteiger partial charge in [-0.05, 0) is 56.8 Å². The highest BCUT2D eigenvalue weighted by Gasteiger charge is 2.34. The molecule has 1 aromatic rings. The van der Waals surface area contributed by atoms with Crippen molar-refractivity contribution in [1.82, 2.24) is 15.5 Å². The Morgan fingerprint density at radius 1 is 1.17 bits per heavy atom. The number of hydrogen-bond donors (Lipinski definition) is 3. The first-order valence-electron chi connectivity index (χ1n) is 10.7. The molecule has 0 bridgehead atoms. The van der Waals surface area contributed by atoms with E-state index in [1.165, 1.54) is 37.1 Å². The molecule has 1 aromatic carbocycles. The Balaban J connectivity index is 0.00000300. The number of ether oxygens (including phenoxy) is 1. The standard InChI is InChI=1S/C22H36N4O2.HI/c1-2-23-21(25-17-22(9-13-27)10-14-28-18-22)24-15-19-5-7-20(8-6-19)16-26-11-3-4-12-26;/h5-8,27H,2-4,9-18H2,1H3,(H2,23,24,25);1H. The van der Waals surface area contributed by atoms with E-state index in [4.69, 9.17) is 9.73 Å². The Hall–Kier alpha value is -0.900. The van der Waals surface area contributed by atoms with Crippen molar-refractivity contribution in [2.45, 2.75) is 45.7 Å². The van der Waals surface area contributed by atoms with Crippen molar-refractivity contribution in [3.63, 3.8) is 0 Å². The fraction of sp³-hybridized carbons (Fsp3) is 0.682. The molecule has 3 N–H and O–H groups in total. The number of likely N-dealkylation sites (tertiary alicyclic amines) is 1. The Bertz CT molecular complexity index is 612. The third kappa shape index (κ3) is 7.70. The number of aliphatic hydroxyl groups is 1. The Morgan fingerprint density at radius 3 is 2.52 bits per heavy atom. The first kappa shape index (κ1) is 24.4. The Kier molecular flexibility index (Phi) is 10.7. The van der Waals surface area contributed by atoms with Gasteiger partial charge in [0.05, 0.1) is 13.2 Å². The fourth-order valence-electron chi connectivity index (χ4n) is 4.04. The summed E-state index contributed by atoms with van der Waals surface area (Å²) in [4.78, 5) is 7.27. The van der Waals surface area contributed by atoms with E-state index in [1.807, 2.05) is 0 Å². The van der Waals surface area contributed by atoms with Crippen molar-refractivity contribution >= 4 is 29.9 Å². The van der Waals surface area contributed by atoms with Crippen molar-refractivity contribution in [1.29, 1.82) is 0 Å². The SMILES string of the molecule is CCNC(=NCc1ccc(CN2CCCC2)cc1)NCC1(CCO)CCOC1.I. The number of nitrogens with zero attached hydrogens (tertiary/aromatic N) is 2. The molecule has 1 atom stereocenters. The lowest BCUT2D eigenvalue weighted by molar-refractivity contribution is 0.127. The normalized spacial score (nSPS) is 22.5. The summed E-state index contributed by atoms with van der Waals surface area (Å²) in [5.41, 5.74) is 2.62. The van der Waals surface area contributed by atoms with Crippen molar-refractivity contribution in [3.8, 4) is 0 Å². The molecule has 7 heteroatoms. The zero-order valence-corrected chi connectivity index (χ0v) is 20.0. The summed E-state index contributed by atoms with van der Waals surface area (Å²) in [6, 6.07) is 8.85. The number of aliphatic imine (C=N–C) groups is 1. The topological polar surface area (TPSA) is 69.1 Å². The van der Waals surface area contributed by atoms with E-state index < -0.39 is 0 Å². The second-order valence-electron chi connectivity index (χ2n) is 8.12. The van der Waals surface area contributed by atoms with Gasteiger partial charge in [0, 0.05) is 38.3 Å². The molecular weight excluding hydrogens is 479 g/mol. The van der Waals surface area contributed by atoms with E-state index >= 15 is 0 Å². The molecule has 2 aliphatic rings. The van der Waals surface area contributed by atoms with Crippen LogP contribution in [-0.2, 0) is 17.8 Å². The van der Waals surface area contributed by atoms with Crippen LogP contribution in [0.4, 0.5) is 0 Å². The van der Waals surface area contributed by atoms with E-state index in [2.05, 4.69) is 46.7 Å². The molecule has 2 saturated heterocycles. The first-order chi connectivity index (χ1) is 13.7. The van der Waals surface area contributed by atoms with Gasteiger partial charge in [0.2, 0.25) is 0 Å². The maximum absolute atomic E-state index is 9.39. The summed E-state index contributed by atoms with van der Waals surface area (Å²) in [7, 11) is 0. The van der Waals surface area contributed by atoms with Crippen LogP contribution in [0.1, 0.15) is 43.7 Å². The Labute approximate surface area is 192 Å². The molecule has 6 nitrogen and oxygen atoms in total. The van der Waals surface area contributed by atoms with Crippen molar-refractivity contribution in [3.05, 3.63) is 35.4 Å². The van der Waals surface area contributed by atoms with Crippen LogP contribution in [0.25, 0.3) is 0 Å². The molecule has 29 heavy (non-hydrogen) atoms. The minimum absolute atomic E-state index is 0. The quantitative estimate of drug-likeness (QED) is 0.268. The molecule has 2 heterocycles. The van der Waals surface area contributed by atoms with Crippen LogP contribution >= 0.6 is 24.0 Å². The van der Waals surface area contributed by atoms with Gasteiger partial charge in [-0.25, -0.2) is 4.99 Å². The zero-order chi connectivity index (χ0) is 19.7. The fourth-order valence-corrected chi connectivity index (χ4v) is 4.04. The maximum Gasteiger partial charge on any atom is 0.191 e. The van der Waals surface area contributed by atoms with Gasteiger partial charge in [0.1, 0.15) is 0 Å². The zero-order valence-electron chi connectivity index (χ0n) is 17.7. The summed E-state index contributed by atoms with van der Waals surface area (Å²) >= 11 is 0. The van der Waals surface area contributed by atoms with Crippen LogP contribution in [0, 0.1) is 5.41 Å². The minimum Gasteiger partial charge on any atom is -0.396 e. The summed E-state index contributed by atoms with van der Waals surface area (Å²) in [6.45, 7) is 9.52. The predicted molar refractivity (Wildman–Crippen MR) is 129 cm³/mol. The minimum atomic E-state index is 0. The number of hydrogen-bond acceptors (Lipinski definition) is 4. The average Bonchev–Trinajstić information content (AvgIpc) is 3.38. The lowest BCUT2D eigenvalue weighted by Crippen LogP contribution is -2.44. The van der Waals surface area contributed by atoms with Crippen LogP contribution < -0.4 is 10.6 Å². The van der Waals surface area contributed by atoms with Gasteiger partial charge < -0.3 is 20.5 Å². The van der Waals surface area contributed by atoms with Crippen LogP contribution in [0.5, 0.6) is 0 Å². The summed E-state index contributed by atoms with van der Waals surface area (Å²) in [6.07, 6.45) is 4.41. The monoisotopic (exact) mass is 516 g/mol. The highest BCUT2D eigenvalue weighted by atomic mass is 127. The van der Waals surface area contributed by atoms with E-state index in [0.717, 1.165) is 45.0 Å². The molecule has 1 unspecified atom stereocenters. The molecule has 0 spiro atoms. The number of rotatable bonds is 9. The predicted octanol–water partition coefficient (Wildman–Crippen LogP) is 2.74. The van der Waals surface area contributed by atoms with Gasteiger partial charge in [-0.2, -0.15) is 0 Å². The molecule has 3 rings (SSSR count). The molecule has 2 aliphatic heterocycles. The molecule has 0 aliphatic carbocycles. The number of nitrogens with one attached hydrogen (secondary N) is 2. The summed E-state index contributed by atoms with van der Waals surface area (Å²) in [5, 5.41) is 16.2. The molecule has 164 valence electrons. The largest absolute Gasteiger partial charge is 0.396 e. The number of aliphatic hydroxyl groups excluding tert-OH is 1. The third-order valence-electron chi connectivity index (χ3n) is 5.85. The lowest BCUT2D eigenvalue weighted by Gasteiger charge is -2.27. The van der Waals surface area contributed by atoms with Gasteiger partial charge in [0.15, 0.2) is 5.96 Å². The van der Waals surface area contributed by atoms with Crippen LogP contribution in [0.15, 0.2) is 29.3 Å². The molecule has 0 radical (unpaired) electrons. The van der Waals surface area contributed by atoms with E-state index in [1.54, 1.807) is 0 Å². The van der Waals surface area contributed by atoms with Crippen LogP contribution in [-0.4, -0.2) is 62.0 Å². The smallest absolute Gasteiger partial charge is 0.191 e. The molecule has 0 aromatic heterocycles. The van der Waals surface area contributed by atoms with Crippen LogP contribution in [0.3, 0.4) is 0 Å². The van der Waals surface area contributed by atoms with Crippen molar-refractivity contribution in [2.75, 3.05) is 46.0 Å². The highest BCUT2D eigenvalue weighted by Crippen LogP contribution is 2.31. The van der Waals surface area contributed by atoms with Gasteiger partial charge in [0.25, 0.3) is 0 Å². The van der Waals surface area contributed by atoms with Crippen molar-refractivity contribution in [2.24, 2.45) is 10.4 Å².